The average Bonchev–Trinajstić information content (AvgIpc) is 2.99. The van der Waals surface area contributed by atoms with Crippen LogP contribution >= 0.6 is 0 Å². The highest BCUT2D eigenvalue weighted by Crippen LogP contribution is 2.26. The smallest absolute Gasteiger partial charge is 0.326 e. The van der Waals surface area contributed by atoms with Crippen LogP contribution in [0.15, 0.2) is 12.2 Å². The van der Waals surface area contributed by atoms with Gasteiger partial charge in [-0.25, -0.2) is 13.6 Å². The highest BCUT2D eigenvalue weighted by atomic mass is 19.3. The lowest BCUT2D eigenvalue weighted by atomic mass is 10.0. The molecule has 0 aromatic rings. The molecule has 2 aliphatic rings. The molecule has 2 saturated heterocycles. The topological polar surface area (TPSA) is 81.2 Å². The summed E-state index contributed by atoms with van der Waals surface area (Å²) in [6.07, 6.45) is 3.52. The van der Waals surface area contributed by atoms with Gasteiger partial charge in [0, 0.05) is 26.2 Å². The number of carboxylic acid groups (broad SMARTS) is 1. The number of hydrogen-bond donors (Lipinski definition) is 1. The number of nitrogens with zero attached hydrogens (tertiary/aromatic N) is 3. The van der Waals surface area contributed by atoms with E-state index in [2.05, 4.69) is 0 Å². The van der Waals surface area contributed by atoms with E-state index in [1.807, 2.05) is 4.90 Å². The van der Waals surface area contributed by atoms with Crippen molar-refractivity contribution < 1.29 is 28.3 Å². The number of carbonyl (C=O) groups is 3. The summed E-state index contributed by atoms with van der Waals surface area (Å²) in [4.78, 5) is 40.1. The van der Waals surface area contributed by atoms with Crippen molar-refractivity contribution in [2.75, 3.05) is 39.8 Å². The first-order valence-corrected chi connectivity index (χ1v) is 9.07. The number of halogens is 2. The Bertz CT molecular complexity index is 616. The van der Waals surface area contributed by atoms with Crippen LogP contribution in [0.1, 0.15) is 20.3 Å². The van der Waals surface area contributed by atoms with Crippen molar-refractivity contribution in [3.63, 3.8) is 0 Å². The van der Waals surface area contributed by atoms with Crippen molar-refractivity contribution in [1.29, 1.82) is 0 Å². The molecule has 9 heteroatoms. The Morgan fingerprint density at radius 1 is 1.30 bits per heavy atom. The molecule has 0 aliphatic carbocycles. The lowest BCUT2D eigenvalue weighted by molar-refractivity contribution is -0.160. The number of hydrogen-bond acceptors (Lipinski definition) is 4. The van der Waals surface area contributed by atoms with Crippen molar-refractivity contribution in [3.05, 3.63) is 12.2 Å². The van der Waals surface area contributed by atoms with E-state index in [9.17, 15) is 28.3 Å². The maximum absolute atomic E-state index is 12.8. The Morgan fingerprint density at radius 2 is 1.93 bits per heavy atom. The second-order valence-corrected chi connectivity index (χ2v) is 7.67. The van der Waals surface area contributed by atoms with E-state index < -0.39 is 36.9 Å². The zero-order chi connectivity index (χ0) is 20.4. The first-order chi connectivity index (χ1) is 12.5. The van der Waals surface area contributed by atoms with Gasteiger partial charge in [0.1, 0.15) is 6.04 Å². The highest BCUT2D eigenvalue weighted by Gasteiger charge is 2.45. The number of carbonyl (C=O) groups excluding carboxylic acids is 2. The van der Waals surface area contributed by atoms with E-state index >= 15 is 0 Å². The van der Waals surface area contributed by atoms with Crippen molar-refractivity contribution in [2.24, 2.45) is 11.8 Å². The largest absolute Gasteiger partial charge is 0.480 e. The van der Waals surface area contributed by atoms with Gasteiger partial charge in [-0.2, -0.15) is 0 Å². The minimum atomic E-state index is -2.78. The SMILES string of the molecule is CC(C)C(C(=O)O)N(C)C(=O)[C@H]1CCN(C/C=C/C(=O)N2CC(F)(F)C2)C1. The number of likely N-dealkylation sites (N-methyl/N-ethyl adjacent to an activating group) is 1. The summed E-state index contributed by atoms with van der Waals surface area (Å²) < 4.78 is 25.5. The van der Waals surface area contributed by atoms with Crippen molar-refractivity contribution >= 4 is 17.8 Å². The van der Waals surface area contributed by atoms with Gasteiger partial charge in [-0.3, -0.25) is 14.5 Å². The molecule has 0 aromatic carbocycles. The fraction of sp³-hybridized carbons (Fsp3) is 0.722. The van der Waals surface area contributed by atoms with Crippen molar-refractivity contribution in [2.45, 2.75) is 32.2 Å². The van der Waals surface area contributed by atoms with Crippen LogP contribution in [0.2, 0.25) is 0 Å². The van der Waals surface area contributed by atoms with E-state index in [-0.39, 0.29) is 17.7 Å². The van der Waals surface area contributed by atoms with E-state index in [0.717, 1.165) is 4.90 Å². The second-order valence-electron chi connectivity index (χ2n) is 7.67. The maximum Gasteiger partial charge on any atom is 0.326 e. The molecule has 2 heterocycles. The molecule has 152 valence electrons. The van der Waals surface area contributed by atoms with Crippen LogP contribution in [0, 0.1) is 11.8 Å². The molecule has 0 radical (unpaired) electrons. The standard InChI is InChI=1S/C18H27F2N3O4/c1-12(2)15(17(26)27)21(3)16(25)13-6-8-22(9-13)7-4-5-14(24)23-10-18(19,20)11-23/h4-5,12-13,15H,6-11H2,1-3H3,(H,26,27)/b5-4+/t13-,15?/m0/s1. The molecule has 0 saturated carbocycles. The Kier molecular flexibility index (Phi) is 6.56. The third-order valence-electron chi connectivity index (χ3n) is 5.05. The molecule has 27 heavy (non-hydrogen) atoms. The Labute approximate surface area is 157 Å². The first-order valence-electron chi connectivity index (χ1n) is 9.07. The lowest BCUT2D eigenvalue weighted by Gasteiger charge is -2.37. The molecule has 1 N–H and O–H groups in total. The lowest BCUT2D eigenvalue weighted by Crippen LogP contribution is -2.58. The summed E-state index contributed by atoms with van der Waals surface area (Å²) in [5.74, 6) is -4.91. The average molecular weight is 387 g/mol. The van der Waals surface area contributed by atoms with Crippen molar-refractivity contribution in [1.82, 2.24) is 14.7 Å². The summed E-state index contributed by atoms with van der Waals surface area (Å²) in [5.41, 5.74) is 0. The predicted octanol–water partition coefficient (Wildman–Crippen LogP) is 0.910. The van der Waals surface area contributed by atoms with Crippen LogP contribution in [0.4, 0.5) is 8.78 Å². The Balaban J connectivity index is 1.80. The third kappa shape index (κ3) is 5.24. The molecule has 1 unspecified atom stereocenters. The maximum atomic E-state index is 12.8. The number of amides is 2. The molecule has 0 aromatic heterocycles. The van der Waals surface area contributed by atoms with Gasteiger partial charge in [-0.05, 0) is 18.9 Å². The Morgan fingerprint density at radius 3 is 2.44 bits per heavy atom. The molecule has 0 spiro atoms. The third-order valence-corrected chi connectivity index (χ3v) is 5.05. The van der Waals surface area contributed by atoms with Gasteiger partial charge in [-0.15, -0.1) is 0 Å². The van der Waals surface area contributed by atoms with Crippen LogP contribution in [-0.4, -0.2) is 89.3 Å². The molecule has 2 aliphatic heterocycles. The molecule has 2 fully saturated rings. The number of rotatable bonds is 7. The first kappa shape index (κ1) is 21.3. The highest BCUT2D eigenvalue weighted by molar-refractivity contribution is 5.88. The van der Waals surface area contributed by atoms with Crippen molar-refractivity contribution in [3.8, 4) is 0 Å². The second kappa shape index (κ2) is 8.33. The molecule has 0 bridgehead atoms. The minimum absolute atomic E-state index is 0.193. The summed E-state index contributed by atoms with van der Waals surface area (Å²) in [6.45, 7) is 4.03. The van der Waals surface area contributed by atoms with Crippen LogP contribution in [-0.2, 0) is 14.4 Å². The van der Waals surface area contributed by atoms with Gasteiger partial charge in [0.2, 0.25) is 11.8 Å². The summed E-state index contributed by atoms with van der Waals surface area (Å²) in [5, 5.41) is 9.33. The predicted molar refractivity (Wildman–Crippen MR) is 94.2 cm³/mol. The van der Waals surface area contributed by atoms with E-state index in [1.165, 1.54) is 18.0 Å². The fourth-order valence-electron chi connectivity index (χ4n) is 3.60. The number of aliphatic carboxylic acids is 1. The summed E-state index contributed by atoms with van der Waals surface area (Å²) >= 11 is 0. The quantitative estimate of drug-likeness (QED) is 0.657. The Hall–Kier alpha value is -2.03. The molecule has 2 rings (SSSR count). The van der Waals surface area contributed by atoms with E-state index in [4.69, 9.17) is 0 Å². The fourth-order valence-corrected chi connectivity index (χ4v) is 3.60. The van der Waals surface area contributed by atoms with Gasteiger partial charge in [0.15, 0.2) is 0 Å². The minimum Gasteiger partial charge on any atom is -0.480 e. The molecule has 7 nitrogen and oxygen atoms in total. The van der Waals surface area contributed by atoms with Gasteiger partial charge in [0.05, 0.1) is 19.0 Å². The zero-order valence-electron chi connectivity index (χ0n) is 15.9. The molecular weight excluding hydrogens is 360 g/mol. The van der Waals surface area contributed by atoms with E-state index in [0.29, 0.717) is 26.1 Å². The van der Waals surface area contributed by atoms with Gasteiger partial charge >= 0.3 is 5.97 Å². The monoisotopic (exact) mass is 387 g/mol. The molecular formula is C18H27F2N3O4. The van der Waals surface area contributed by atoms with Gasteiger partial charge in [-0.1, -0.05) is 19.9 Å². The van der Waals surface area contributed by atoms with Crippen LogP contribution in [0.25, 0.3) is 0 Å². The number of carboxylic acids is 1. The van der Waals surface area contributed by atoms with Crippen LogP contribution < -0.4 is 0 Å². The van der Waals surface area contributed by atoms with Crippen LogP contribution in [0.3, 0.4) is 0 Å². The van der Waals surface area contributed by atoms with Crippen LogP contribution in [0.5, 0.6) is 0 Å². The number of likely N-dealkylation sites (tertiary alicyclic amines) is 2. The number of alkyl halides is 2. The van der Waals surface area contributed by atoms with Gasteiger partial charge < -0.3 is 14.9 Å². The summed E-state index contributed by atoms with van der Waals surface area (Å²) in [6, 6.07) is -0.862. The van der Waals surface area contributed by atoms with E-state index in [1.54, 1.807) is 19.9 Å². The van der Waals surface area contributed by atoms with Gasteiger partial charge in [0.25, 0.3) is 5.92 Å². The molecule has 2 amide bonds. The summed E-state index contributed by atoms with van der Waals surface area (Å²) in [7, 11) is 1.52. The molecule has 2 atom stereocenters. The normalized spacial score (nSPS) is 23.5. The zero-order valence-corrected chi connectivity index (χ0v) is 15.9.